The Labute approximate surface area is 88.7 Å². The predicted octanol–water partition coefficient (Wildman–Crippen LogP) is 3.34. The van der Waals surface area contributed by atoms with Crippen molar-refractivity contribution < 1.29 is 0 Å². The minimum Gasteiger partial charge on any atom is -0.312 e. The maximum absolute atomic E-state index is 3.66. The van der Waals surface area contributed by atoms with Crippen LogP contribution < -0.4 is 5.32 Å². The minimum atomic E-state index is 0.304. The summed E-state index contributed by atoms with van der Waals surface area (Å²) in [6, 6.07) is 0. The summed E-state index contributed by atoms with van der Waals surface area (Å²) in [6.07, 6.45) is 9.02. The Morgan fingerprint density at radius 1 is 1.14 bits per heavy atom. The molecule has 0 saturated heterocycles. The van der Waals surface area contributed by atoms with Gasteiger partial charge in [0.2, 0.25) is 0 Å². The topological polar surface area (TPSA) is 12.0 Å². The van der Waals surface area contributed by atoms with Gasteiger partial charge in [0, 0.05) is 5.54 Å². The van der Waals surface area contributed by atoms with Crippen LogP contribution in [0.3, 0.4) is 0 Å². The first-order valence-corrected chi connectivity index (χ1v) is 6.27. The molecular formula is C13H25N. The molecule has 2 aliphatic rings. The standard InChI is InChI=1S/C13H25N/c1-12(2,3)14-10-11-9-13(11)7-5-4-6-8-13/h11,14H,4-10H2,1-3H3. The monoisotopic (exact) mass is 195 g/mol. The van der Waals surface area contributed by atoms with Crippen LogP contribution >= 0.6 is 0 Å². The molecule has 0 aromatic carbocycles. The second kappa shape index (κ2) is 3.52. The normalized spacial score (nSPS) is 30.6. The number of hydrogen-bond donors (Lipinski definition) is 1. The molecule has 0 aromatic rings. The van der Waals surface area contributed by atoms with Gasteiger partial charge in [-0.1, -0.05) is 19.3 Å². The number of rotatable bonds is 2. The molecule has 14 heavy (non-hydrogen) atoms. The van der Waals surface area contributed by atoms with Crippen molar-refractivity contribution in [1.29, 1.82) is 0 Å². The molecule has 2 aliphatic carbocycles. The summed E-state index contributed by atoms with van der Waals surface area (Å²) in [5, 5.41) is 3.66. The number of hydrogen-bond acceptors (Lipinski definition) is 1. The summed E-state index contributed by atoms with van der Waals surface area (Å²) in [6.45, 7) is 8.05. The molecule has 2 fully saturated rings. The average Bonchev–Trinajstić information content (AvgIpc) is 2.76. The Balaban J connectivity index is 1.75. The average molecular weight is 195 g/mol. The van der Waals surface area contributed by atoms with Gasteiger partial charge < -0.3 is 5.32 Å². The maximum atomic E-state index is 3.66. The van der Waals surface area contributed by atoms with Crippen LogP contribution in [-0.2, 0) is 0 Å². The largest absolute Gasteiger partial charge is 0.312 e. The van der Waals surface area contributed by atoms with Gasteiger partial charge in [0.1, 0.15) is 0 Å². The summed E-state index contributed by atoms with van der Waals surface area (Å²) in [7, 11) is 0. The Hall–Kier alpha value is -0.0400. The van der Waals surface area contributed by atoms with Gasteiger partial charge in [0.25, 0.3) is 0 Å². The molecule has 1 atom stereocenters. The minimum absolute atomic E-state index is 0.304. The highest BCUT2D eigenvalue weighted by molar-refractivity contribution is 5.04. The molecule has 0 aromatic heterocycles. The van der Waals surface area contributed by atoms with Crippen molar-refractivity contribution in [2.24, 2.45) is 11.3 Å². The van der Waals surface area contributed by atoms with Gasteiger partial charge in [-0.3, -0.25) is 0 Å². The van der Waals surface area contributed by atoms with E-state index in [1.807, 2.05) is 0 Å². The molecule has 1 N–H and O–H groups in total. The molecule has 0 amide bonds. The lowest BCUT2D eigenvalue weighted by atomic mass is 9.84. The van der Waals surface area contributed by atoms with E-state index in [9.17, 15) is 0 Å². The molecular weight excluding hydrogens is 170 g/mol. The molecule has 82 valence electrons. The predicted molar refractivity (Wildman–Crippen MR) is 61.4 cm³/mol. The maximum Gasteiger partial charge on any atom is 0.00966 e. The summed E-state index contributed by atoms with van der Waals surface area (Å²) in [5.74, 6) is 1.00. The van der Waals surface area contributed by atoms with E-state index in [1.165, 1.54) is 45.1 Å². The van der Waals surface area contributed by atoms with Crippen molar-refractivity contribution in [2.45, 2.75) is 64.8 Å². The van der Waals surface area contributed by atoms with E-state index in [0.29, 0.717) is 5.54 Å². The van der Waals surface area contributed by atoms with Crippen molar-refractivity contribution in [3.05, 3.63) is 0 Å². The highest BCUT2D eigenvalue weighted by Gasteiger charge is 2.53. The lowest BCUT2D eigenvalue weighted by Crippen LogP contribution is -2.37. The Kier molecular flexibility index (Phi) is 2.63. The van der Waals surface area contributed by atoms with Crippen molar-refractivity contribution in [3.63, 3.8) is 0 Å². The number of nitrogens with one attached hydrogen (secondary N) is 1. The third kappa shape index (κ3) is 2.31. The highest BCUT2D eigenvalue weighted by atomic mass is 15.0. The summed E-state index contributed by atoms with van der Waals surface area (Å²) in [5.41, 5.74) is 1.11. The highest BCUT2D eigenvalue weighted by Crippen LogP contribution is 2.61. The fraction of sp³-hybridized carbons (Fsp3) is 1.00. The van der Waals surface area contributed by atoms with Crippen LogP contribution in [0, 0.1) is 11.3 Å². The SMILES string of the molecule is CC(C)(C)NCC1CC12CCCCC2. The lowest BCUT2D eigenvalue weighted by molar-refractivity contribution is 0.293. The molecule has 2 saturated carbocycles. The van der Waals surface area contributed by atoms with Crippen LogP contribution in [0.4, 0.5) is 0 Å². The van der Waals surface area contributed by atoms with Crippen molar-refractivity contribution in [2.75, 3.05) is 6.54 Å². The Morgan fingerprint density at radius 2 is 1.79 bits per heavy atom. The first-order chi connectivity index (χ1) is 6.52. The van der Waals surface area contributed by atoms with Crippen LogP contribution in [0.15, 0.2) is 0 Å². The summed E-state index contributed by atoms with van der Waals surface area (Å²) in [4.78, 5) is 0. The quantitative estimate of drug-likeness (QED) is 0.712. The van der Waals surface area contributed by atoms with Crippen molar-refractivity contribution >= 4 is 0 Å². The van der Waals surface area contributed by atoms with Crippen LogP contribution in [0.5, 0.6) is 0 Å². The van der Waals surface area contributed by atoms with Gasteiger partial charge in [-0.25, -0.2) is 0 Å². The van der Waals surface area contributed by atoms with Crippen LogP contribution in [-0.4, -0.2) is 12.1 Å². The summed E-state index contributed by atoms with van der Waals surface area (Å²) >= 11 is 0. The van der Waals surface area contributed by atoms with Crippen LogP contribution in [0.25, 0.3) is 0 Å². The van der Waals surface area contributed by atoms with E-state index in [1.54, 1.807) is 0 Å². The van der Waals surface area contributed by atoms with Gasteiger partial charge in [-0.05, 0) is 57.9 Å². The molecule has 1 nitrogen and oxygen atoms in total. The fourth-order valence-electron chi connectivity index (χ4n) is 3.02. The second-order valence-corrected chi connectivity index (χ2v) is 6.45. The van der Waals surface area contributed by atoms with E-state index in [4.69, 9.17) is 0 Å². The van der Waals surface area contributed by atoms with Crippen LogP contribution in [0.2, 0.25) is 0 Å². The van der Waals surface area contributed by atoms with Gasteiger partial charge >= 0.3 is 0 Å². The first kappa shape index (κ1) is 10.5. The first-order valence-electron chi connectivity index (χ1n) is 6.27. The zero-order valence-corrected chi connectivity index (χ0v) is 10.0. The molecule has 0 radical (unpaired) electrons. The van der Waals surface area contributed by atoms with Crippen molar-refractivity contribution in [3.8, 4) is 0 Å². The van der Waals surface area contributed by atoms with E-state index < -0.39 is 0 Å². The van der Waals surface area contributed by atoms with E-state index in [-0.39, 0.29) is 0 Å². The Bertz CT molecular complexity index is 196. The second-order valence-electron chi connectivity index (χ2n) is 6.45. The lowest BCUT2D eigenvalue weighted by Gasteiger charge is -2.25. The molecule has 0 aliphatic heterocycles. The molecule has 1 spiro atoms. The van der Waals surface area contributed by atoms with E-state index in [2.05, 4.69) is 26.1 Å². The van der Waals surface area contributed by atoms with E-state index in [0.717, 1.165) is 11.3 Å². The smallest absolute Gasteiger partial charge is 0.00966 e. The summed E-state index contributed by atoms with van der Waals surface area (Å²) < 4.78 is 0. The van der Waals surface area contributed by atoms with Gasteiger partial charge in [-0.15, -0.1) is 0 Å². The Morgan fingerprint density at radius 3 is 2.36 bits per heavy atom. The van der Waals surface area contributed by atoms with Gasteiger partial charge in [-0.2, -0.15) is 0 Å². The molecule has 1 unspecified atom stereocenters. The third-order valence-electron chi connectivity index (χ3n) is 4.09. The molecule has 0 bridgehead atoms. The zero-order chi connectivity index (χ0) is 10.2. The molecule has 0 heterocycles. The van der Waals surface area contributed by atoms with Crippen LogP contribution in [0.1, 0.15) is 59.3 Å². The van der Waals surface area contributed by atoms with Gasteiger partial charge in [0.05, 0.1) is 0 Å². The van der Waals surface area contributed by atoms with Crippen molar-refractivity contribution in [1.82, 2.24) is 5.32 Å². The van der Waals surface area contributed by atoms with Gasteiger partial charge in [0.15, 0.2) is 0 Å². The molecule has 2 rings (SSSR count). The van der Waals surface area contributed by atoms with E-state index >= 15 is 0 Å². The zero-order valence-electron chi connectivity index (χ0n) is 10.0. The third-order valence-corrected chi connectivity index (χ3v) is 4.09. The molecule has 1 heteroatoms. The fourth-order valence-corrected chi connectivity index (χ4v) is 3.02.